The average Bonchev–Trinajstić information content (AvgIpc) is 3.08. The second kappa shape index (κ2) is 8.07. The van der Waals surface area contributed by atoms with E-state index in [0.717, 1.165) is 11.4 Å². The van der Waals surface area contributed by atoms with E-state index in [2.05, 4.69) is 5.32 Å². The summed E-state index contributed by atoms with van der Waals surface area (Å²) in [6.45, 7) is 1.95. The van der Waals surface area contributed by atoms with Gasteiger partial charge < -0.3 is 4.57 Å². The number of anilines is 1. The molecule has 0 bridgehead atoms. The Morgan fingerprint density at radius 3 is 2.37 bits per heavy atom. The van der Waals surface area contributed by atoms with Crippen LogP contribution in [0.2, 0.25) is 10.0 Å². The number of aromatic nitrogens is 1. The summed E-state index contributed by atoms with van der Waals surface area (Å²) in [4.78, 5) is 27.1. The normalized spacial score (nSPS) is 15.6. The molecule has 2 heterocycles. The van der Waals surface area contributed by atoms with Crippen molar-refractivity contribution in [3.63, 3.8) is 0 Å². The first-order chi connectivity index (χ1) is 14.4. The van der Waals surface area contributed by atoms with Gasteiger partial charge in [-0.3, -0.25) is 19.8 Å². The Bertz CT molecular complexity index is 1220. The Kier molecular flexibility index (Phi) is 5.47. The molecule has 4 rings (SSSR count). The van der Waals surface area contributed by atoms with Crippen molar-refractivity contribution in [1.29, 1.82) is 0 Å². The molecule has 3 aromatic rings. The third kappa shape index (κ3) is 3.65. The fourth-order valence-electron chi connectivity index (χ4n) is 3.27. The van der Waals surface area contributed by atoms with Gasteiger partial charge in [-0.2, -0.15) is 0 Å². The number of para-hydroxylation sites is 1. The quantitative estimate of drug-likeness (QED) is 0.346. The average molecular weight is 456 g/mol. The van der Waals surface area contributed by atoms with Crippen LogP contribution in [0.1, 0.15) is 11.4 Å². The van der Waals surface area contributed by atoms with Crippen LogP contribution in [0.15, 0.2) is 66.2 Å². The van der Waals surface area contributed by atoms with Gasteiger partial charge in [0.2, 0.25) is 0 Å². The lowest BCUT2D eigenvalue weighted by Crippen LogP contribution is -2.54. The number of nitrogens with zero attached hydrogens (tertiary/aromatic N) is 2. The topological polar surface area (TPSA) is 54.3 Å². The number of nitrogens with one attached hydrogen (secondary N) is 1. The summed E-state index contributed by atoms with van der Waals surface area (Å²) in [5.74, 6) is -1.10. The van der Waals surface area contributed by atoms with Crippen molar-refractivity contribution in [2.45, 2.75) is 6.92 Å². The summed E-state index contributed by atoms with van der Waals surface area (Å²) < 4.78 is 1.96. The Balaban J connectivity index is 1.79. The minimum Gasteiger partial charge on any atom is -0.314 e. The molecular weight excluding hydrogens is 441 g/mol. The van der Waals surface area contributed by atoms with Crippen LogP contribution in [0, 0.1) is 6.92 Å². The predicted molar refractivity (Wildman–Crippen MR) is 123 cm³/mol. The van der Waals surface area contributed by atoms with Crippen LogP contribution >= 0.6 is 35.4 Å². The Labute approximate surface area is 188 Å². The molecule has 8 heteroatoms. The van der Waals surface area contributed by atoms with Gasteiger partial charge in [0.05, 0.1) is 15.7 Å². The smallest absolute Gasteiger partial charge is 0.270 e. The van der Waals surface area contributed by atoms with Crippen molar-refractivity contribution in [2.75, 3.05) is 4.90 Å². The summed E-state index contributed by atoms with van der Waals surface area (Å²) in [6.07, 6.45) is 1.56. The molecule has 2 amide bonds. The van der Waals surface area contributed by atoms with E-state index in [4.69, 9.17) is 35.4 Å². The minimum atomic E-state index is -0.556. The van der Waals surface area contributed by atoms with Gasteiger partial charge in [0.1, 0.15) is 5.57 Å². The summed E-state index contributed by atoms with van der Waals surface area (Å²) >= 11 is 17.3. The predicted octanol–water partition coefficient (Wildman–Crippen LogP) is 4.92. The Morgan fingerprint density at radius 1 is 0.933 bits per heavy atom. The van der Waals surface area contributed by atoms with E-state index in [1.54, 1.807) is 18.2 Å². The molecule has 1 N–H and O–H groups in total. The molecule has 2 aromatic carbocycles. The number of carbonyl (C=O) groups excluding carboxylic acids is 2. The van der Waals surface area contributed by atoms with Crippen LogP contribution in [0.4, 0.5) is 5.69 Å². The van der Waals surface area contributed by atoms with Gasteiger partial charge in [-0.05, 0) is 67.7 Å². The molecule has 1 aliphatic heterocycles. The van der Waals surface area contributed by atoms with Crippen LogP contribution < -0.4 is 10.2 Å². The number of aryl methyl sites for hydroxylation is 1. The molecule has 0 saturated carbocycles. The molecule has 5 nitrogen and oxygen atoms in total. The van der Waals surface area contributed by atoms with E-state index >= 15 is 0 Å². The van der Waals surface area contributed by atoms with Gasteiger partial charge in [-0.15, -0.1) is 0 Å². The first-order valence-corrected chi connectivity index (χ1v) is 10.1. The van der Waals surface area contributed by atoms with E-state index < -0.39 is 11.8 Å². The summed E-state index contributed by atoms with van der Waals surface area (Å²) in [7, 11) is 0. The van der Waals surface area contributed by atoms with Gasteiger partial charge in [0.25, 0.3) is 11.8 Å². The van der Waals surface area contributed by atoms with Gasteiger partial charge in [0, 0.05) is 17.1 Å². The monoisotopic (exact) mass is 455 g/mol. The fourth-order valence-corrected chi connectivity index (χ4v) is 3.84. The lowest BCUT2D eigenvalue weighted by molar-refractivity contribution is -0.122. The zero-order valence-corrected chi connectivity index (χ0v) is 18.1. The minimum absolute atomic E-state index is 0.0184. The van der Waals surface area contributed by atoms with Crippen LogP contribution in [0.3, 0.4) is 0 Å². The first-order valence-electron chi connectivity index (χ1n) is 8.97. The van der Waals surface area contributed by atoms with Crippen molar-refractivity contribution in [3.05, 3.63) is 87.7 Å². The highest BCUT2D eigenvalue weighted by Gasteiger charge is 2.35. The highest BCUT2D eigenvalue weighted by atomic mass is 35.5. The van der Waals surface area contributed by atoms with E-state index in [1.807, 2.05) is 54.0 Å². The van der Waals surface area contributed by atoms with Crippen molar-refractivity contribution >= 4 is 64.1 Å². The SMILES string of the molecule is Cc1ccc(/C=C2\C(=O)NC(=S)N(c3ccc(Cl)c(Cl)c3)C2=O)n1-c1ccccc1. The van der Waals surface area contributed by atoms with Crippen molar-refractivity contribution in [2.24, 2.45) is 0 Å². The van der Waals surface area contributed by atoms with Crippen LogP contribution in [0.25, 0.3) is 11.8 Å². The molecule has 1 aliphatic rings. The molecule has 1 fully saturated rings. The van der Waals surface area contributed by atoms with Gasteiger partial charge in [0.15, 0.2) is 5.11 Å². The zero-order chi connectivity index (χ0) is 21.4. The number of amides is 2. The number of thiocarbonyl (C=S) groups is 1. The number of carbonyl (C=O) groups is 2. The van der Waals surface area contributed by atoms with E-state index in [0.29, 0.717) is 16.4 Å². The van der Waals surface area contributed by atoms with Crippen molar-refractivity contribution in [3.8, 4) is 5.69 Å². The molecule has 0 aliphatic carbocycles. The molecule has 30 heavy (non-hydrogen) atoms. The van der Waals surface area contributed by atoms with Crippen molar-refractivity contribution < 1.29 is 9.59 Å². The summed E-state index contributed by atoms with van der Waals surface area (Å²) in [5.41, 5.74) is 2.96. The Hall–Kier alpha value is -2.93. The van der Waals surface area contributed by atoms with Crippen LogP contribution in [-0.2, 0) is 9.59 Å². The third-order valence-corrected chi connectivity index (χ3v) is 5.70. The maximum absolute atomic E-state index is 13.2. The number of hydrogen-bond donors (Lipinski definition) is 1. The van der Waals surface area contributed by atoms with Gasteiger partial charge in [-0.25, -0.2) is 0 Å². The van der Waals surface area contributed by atoms with Crippen LogP contribution in [0.5, 0.6) is 0 Å². The number of rotatable bonds is 3. The van der Waals surface area contributed by atoms with E-state index in [-0.39, 0.29) is 15.7 Å². The van der Waals surface area contributed by atoms with Crippen molar-refractivity contribution in [1.82, 2.24) is 9.88 Å². The molecular formula is C22H15Cl2N3O2S. The van der Waals surface area contributed by atoms with E-state index in [9.17, 15) is 9.59 Å². The second-order valence-electron chi connectivity index (χ2n) is 6.63. The fraction of sp³-hybridized carbons (Fsp3) is 0.0455. The molecule has 0 unspecified atom stereocenters. The Morgan fingerprint density at radius 2 is 1.67 bits per heavy atom. The third-order valence-electron chi connectivity index (χ3n) is 4.68. The van der Waals surface area contributed by atoms with E-state index in [1.165, 1.54) is 11.0 Å². The molecule has 150 valence electrons. The second-order valence-corrected chi connectivity index (χ2v) is 7.83. The standard InChI is InChI=1S/C22H15Cl2N3O2S/c1-13-7-8-15(26(13)14-5-3-2-4-6-14)11-17-20(28)25-22(30)27(21(17)29)16-9-10-18(23)19(24)12-16/h2-12H,1H3,(H,25,28,30)/b17-11+. The maximum atomic E-state index is 13.2. The molecule has 1 aromatic heterocycles. The van der Waals surface area contributed by atoms with Gasteiger partial charge in [-0.1, -0.05) is 41.4 Å². The zero-order valence-electron chi connectivity index (χ0n) is 15.7. The van der Waals surface area contributed by atoms with Gasteiger partial charge >= 0.3 is 0 Å². The summed E-state index contributed by atoms with van der Waals surface area (Å²) in [6, 6.07) is 18.2. The number of hydrogen-bond acceptors (Lipinski definition) is 3. The first kappa shape index (κ1) is 20.3. The highest BCUT2D eigenvalue weighted by Crippen LogP contribution is 2.30. The molecule has 0 atom stereocenters. The maximum Gasteiger partial charge on any atom is 0.270 e. The molecule has 0 spiro atoms. The largest absolute Gasteiger partial charge is 0.314 e. The highest BCUT2D eigenvalue weighted by molar-refractivity contribution is 7.80. The van der Waals surface area contributed by atoms with Crippen LogP contribution in [-0.4, -0.2) is 21.5 Å². The molecule has 1 saturated heterocycles. The lowest BCUT2D eigenvalue weighted by atomic mass is 10.1. The molecule has 0 radical (unpaired) electrons. The number of halogens is 2. The number of benzene rings is 2. The summed E-state index contributed by atoms with van der Waals surface area (Å²) in [5, 5.41) is 3.19. The lowest BCUT2D eigenvalue weighted by Gasteiger charge is -2.29.